The van der Waals surface area contributed by atoms with E-state index in [1.807, 2.05) is 35.0 Å². The van der Waals surface area contributed by atoms with Gasteiger partial charge in [0.25, 0.3) is 0 Å². The van der Waals surface area contributed by atoms with Crippen molar-refractivity contribution < 1.29 is 14.3 Å². The molecule has 0 aliphatic rings. The van der Waals surface area contributed by atoms with Crippen molar-refractivity contribution in [3.8, 4) is 5.75 Å². The van der Waals surface area contributed by atoms with Gasteiger partial charge in [0.1, 0.15) is 12.4 Å². The van der Waals surface area contributed by atoms with Gasteiger partial charge in [-0.25, -0.2) is 4.98 Å². The molecule has 0 saturated heterocycles. The lowest BCUT2D eigenvalue weighted by Crippen LogP contribution is -2.16. The summed E-state index contributed by atoms with van der Waals surface area (Å²) in [4.78, 5) is 16.0. The number of carbonyl (C=O) groups excluding carboxylic acids is 1. The van der Waals surface area contributed by atoms with Crippen molar-refractivity contribution in [2.24, 2.45) is 5.92 Å². The van der Waals surface area contributed by atoms with E-state index in [1.54, 1.807) is 12.5 Å². The number of imidazole rings is 1. The largest absolute Gasteiger partial charge is 0.490 e. The Morgan fingerprint density at radius 1 is 1.29 bits per heavy atom. The van der Waals surface area contributed by atoms with E-state index in [9.17, 15) is 4.79 Å². The predicted octanol–water partition coefficient (Wildman–Crippen LogP) is 2.96. The van der Waals surface area contributed by atoms with Crippen LogP contribution in [-0.2, 0) is 16.1 Å². The molecule has 6 nitrogen and oxygen atoms in total. The van der Waals surface area contributed by atoms with Gasteiger partial charge in [0.05, 0.1) is 31.6 Å². The zero-order valence-electron chi connectivity index (χ0n) is 14.3. The summed E-state index contributed by atoms with van der Waals surface area (Å²) in [6, 6.07) is 7.43. The van der Waals surface area contributed by atoms with E-state index in [0.29, 0.717) is 50.1 Å². The highest BCUT2D eigenvalue weighted by Crippen LogP contribution is 2.23. The number of ether oxygens (including phenoxy) is 2. The van der Waals surface area contributed by atoms with Crippen LogP contribution in [0.15, 0.2) is 43.0 Å². The zero-order valence-corrected chi connectivity index (χ0v) is 14.3. The normalized spacial score (nSPS) is 10.8. The van der Waals surface area contributed by atoms with Gasteiger partial charge in [-0.1, -0.05) is 26.0 Å². The number of hydrogen-bond acceptors (Lipinski definition) is 4. The predicted molar refractivity (Wildman–Crippen MR) is 93.1 cm³/mol. The van der Waals surface area contributed by atoms with Crippen molar-refractivity contribution in [2.45, 2.75) is 26.8 Å². The molecule has 0 bridgehead atoms. The Labute approximate surface area is 142 Å². The molecule has 0 saturated carbocycles. The van der Waals surface area contributed by atoms with Gasteiger partial charge < -0.3 is 19.4 Å². The number of carbonyl (C=O) groups is 1. The molecule has 0 unspecified atom stereocenters. The van der Waals surface area contributed by atoms with Crippen LogP contribution in [0, 0.1) is 5.92 Å². The third kappa shape index (κ3) is 6.42. The van der Waals surface area contributed by atoms with Gasteiger partial charge in [0.15, 0.2) is 0 Å². The molecule has 2 aromatic rings. The number of nitrogens with one attached hydrogen (secondary N) is 1. The quantitative estimate of drug-likeness (QED) is 0.680. The van der Waals surface area contributed by atoms with Crippen LogP contribution in [0.1, 0.15) is 20.3 Å². The fraction of sp³-hybridized carbons (Fsp3) is 0.444. The maximum absolute atomic E-state index is 12.0. The average Bonchev–Trinajstić information content (AvgIpc) is 3.06. The Hall–Kier alpha value is -2.34. The van der Waals surface area contributed by atoms with Crippen LogP contribution < -0.4 is 10.1 Å². The maximum Gasteiger partial charge on any atom is 0.226 e. The fourth-order valence-corrected chi connectivity index (χ4v) is 2.07. The van der Waals surface area contributed by atoms with Crippen molar-refractivity contribution in [1.29, 1.82) is 0 Å². The first-order valence-corrected chi connectivity index (χ1v) is 8.20. The average molecular weight is 331 g/mol. The van der Waals surface area contributed by atoms with E-state index in [2.05, 4.69) is 24.1 Å². The van der Waals surface area contributed by atoms with Gasteiger partial charge in [0.2, 0.25) is 5.91 Å². The first-order valence-electron chi connectivity index (χ1n) is 8.20. The molecule has 130 valence electrons. The molecule has 1 aromatic heterocycles. The lowest BCUT2D eigenvalue weighted by Gasteiger charge is -2.13. The molecule has 0 spiro atoms. The highest BCUT2D eigenvalue weighted by atomic mass is 16.5. The van der Waals surface area contributed by atoms with Crippen LogP contribution in [0.25, 0.3) is 0 Å². The Balaban J connectivity index is 1.78. The van der Waals surface area contributed by atoms with Crippen LogP contribution >= 0.6 is 0 Å². The second-order valence-electron chi connectivity index (χ2n) is 5.91. The van der Waals surface area contributed by atoms with E-state index in [1.165, 1.54) is 0 Å². The molecular formula is C18H25N3O3. The Morgan fingerprint density at radius 2 is 2.12 bits per heavy atom. The molecule has 0 radical (unpaired) electrons. The molecule has 6 heteroatoms. The summed E-state index contributed by atoms with van der Waals surface area (Å²) in [5.41, 5.74) is 0.678. The monoisotopic (exact) mass is 331 g/mol. The molecule has 0 aliphatic carbocycles. The summed E-state index contributed by atoms with van der Waals surface area (Å²) < 4.78 is 13.2. The molecule has 0 fully saturated rings. The van der Waals surface area contributed by atoms with Crippen molar-refractivity contribution in [2.75, 3.05) is 25.1 Å². The zero-order chi connectivity index (χ0) is 17.2. The molecule has 1 N–H and O–H groups in total. The Kier molecular flexibility index (Phi) is 7.29. The molecule has 1 amide bonds. The van der Waals surface area contributed by atoms with Crippen LogP contribution in [0.2, 0.25) is 0 Å². The molecule has 24 heavy (non-hydrogen) atoms. The van der Waals surface area contributed by atoms with Crippen LogP contribution in [0.4, 0.5) is 5.69 Å². The number of anilines is 1. The summed E-state index contributed by atoms with van der Waals surface area (Å²) in [5.74, 6) is 1.05. The summed E-state index contributed by atoms with van der Waals surface area (Å²) in [5, 5.41) is 2.88. The minimum atomic E-state index is -0.0792. The highest BCUT2D eigenvalue weighted by molar-refractivity contribution is 5.92. The minimum Gasteiger partial charge on any atom is -0.490 e. The van der Waals surface area contributed by atoms with Gasteiger partial charge >= 0.3 is 0 Å². The Bertz CT molecular complexity index is 612. The standard InChI is InChI=1S/C18H25N3O3/c1-15(2)13-23-11-7-18(22)20-16-5-3-4-6-17(16)24-12-10-21-9-8-19-14-21/h3-6,8-9,14-15H,7,10-13H2,1-2H3,(H,20,22). The SMILES string of the molecule is CC(C)COCCC(=O)Nc1ccccc1OCCn1ccnc1. The topological polar surface area (TPSA) is 65.4 Å². The van der Waals surface area contributed by atoms with Crippen molar-refractivity contribution >= 4 is 11.6 Å². The minimum absolute atomic E-state index is 0.0792. The lowest BCUT2D eigenvalue weighted by atomic mass is 10.2. The van der Waals surface area contributed by atoms with Gasteiger partial charge in [0, 0.05) is 19.0 Å². The summed E-state index contributed by atoms with van der Waals surface area (Å²) >= 11 is 0. The van der Waals surface area contributed by atoms with Gasteiger partial charge in [-0.05, 0) is 18.1 Å². The van der Waals surface area contributed by atoms with E-state index in [4.69, 9.17) is 9.47 Å². The lowest BCUT2D eigenvalue weighted by molar-refractivity contribution is -0.117. The van der Waals surface area contributed by atoms with Gasteiger partial charge in [-0.2, -0.15) is 0 Å². The number of benzene rings is 1. The van der Waals surface area contributed by atoms with Gasteiger partial charge in [-0.3, -0.25) is 4.79 Å². The third-order valence-electron chi connectivity index (χ3n) is 3.25. The molecule has 0 aliphatic heterocycles. The number of amides is 1. The maximum atomic E-state index is 12.0. The first-order chi connectivity index (χ1) is 11.6. The number of rotatable bonds is 10. The number of hydrogen-bond donors (Lipinski definition) is 1. The third-order valence-corrected chi connectivity index (χ3v) is 3.25. The number of nitrogens with zero attached hydrogens (tertiary/aromatic N) is 2. The van der Waals surface area contributed by atoms with Crippen molar-refractivity contribution in [1.82, 2.24) is 9.55 Å². The molecule has 1 aromatic carbocycles. The summed E-state index contributed by atoms with van der Waals surface area (Å²) in [6.07, 6.45) is 5.69. The van der Waals surface area contributed by atoms with E-state index >= 15 is 0 Å². The fourth-order valence-electron chi connectivity index (χ4n) is 2.07. The number of para-hydroxylation sites is 2. The van der Waals surface area contributed by atoms with E-state index < -0.39 is 0 Å². The van der Waals surface area contributed by atoms with Crippen LogP contribution in [-0.4, -0.2) is 35.3 Å². The molecular weight excluding hydrogens is 306 g/mol. The molecule has 1 heterocycles. The number of aromatic nitrogens is 2. The van der Waals surface area contributed by atoms with E-state index in [0.717, 1.165) is 0 Å². The van der Waals surface area contributed by atoms with Crippen molar-refractivity contribution in [3.63, 3.8) is 0 Å². The first kappa shape index (κ1) is 18.0. The summed E-state index contributed by atoms with van der Waals surface area (Å²) in [6.45, 7) is 6.45. The van der Waals surface area contributed by atoms with E-state index in [-0.39, 0.29) is 5.91 Å². The Morgan fingerprint density at radius 3 is 2.88 bits per heavy atom. The van der Waals surface area contributed by atoms with Crippen LogP contribution in [0.5, 0.6) is 5.75 Å². The van der Waals surface area contributed by atoms with Crippen LogP contribution in [0.3, 0.4) is 0 Å². The smallest absolute Gasteiger partial charge is 0.226 e. The molecule has 2 rings (SSSR count). The second-order valence-corrected chi connectivity index (χ2v) is 5.91. The van der Waals surface area contributed by atoms with Crippen molar-refractivity contribution in [3.05, 3.63) is 43.0 Å². The van der Waals surface area contributed by atoms with Gasteiger partial charge in [-0.15, -0.1) is 0 Å². The highest BCUT2D eigenvalue weighted by Gasteiger charge is 2.08. The summed E-state index contributed by atoms with van der Waals surface area (Å²) in [7, 11) is 0. The second kappa shape index (κ2) is 9.72. The molecule has 0 atom stereocenters.